The highest BCUT2D eigenvalue weighted by Crippen LogP contribution is 2.36. The van der Waals surface area contributed by atoms with Gasteiger partial charge in [-0.25, -0.2) is 4.98 Å². The highest BCUT2D eigenvalue weighted by molar-refractivity contribution is 7.09. The van der Waals surface area contributed by atoms with Gasteiger partial charge in [-0.15, -0.1) is 11.3 Å². The number of nitrogens with zero attached hydrogens (tertiary/aromatic N) is 1. The summed E-state index contributed by atoms with van der Waals surface area (Å²) in [5, 5.41) is 42.1. The van der Waals surface area contributed by atoms with Gasteiger partial charge in [0.2, 0.25) is 0 Å². The van der Waals surface area contributed by atoms with E-state index in [1.807, 2.05) is 23.6 Å². The van der Waals surface area contributed by atoms with E-state index in [1.54, 1.807) is 23.6 Å². The van der Waals surface area contributed by atoms with Crippen LogP contribution in [0.25, 0.3) is 0 Å². The number of carboxylic acids is 1. The second-order valence-electron chi connectivity index (χ2n) is 7.02. The average molecular weight is 396 g/mol. The monoisotopic (exact) mass is 395 g/mol. The molecule has 1 aliphatic rings. The van der Waals surface area contributed by atoms with Gasteiger partial charge in [-0.05, 0) is 31.6 Å². The normalized spacial score (nSPS) is 26.9. The Kier molecular flexibility index (Phi) is 9.14. The molecule has 1 aromatic heterocycles. The first-order valence-electron chi connectivity index (χ1n) is 9.45. The Balaban J connectivity index is 1.81. The van der Waals surface area contributed by atoms with Gasteiger partial charge in [0.1, 0.15) is 0 Å². The minimum Gasteiger partial charge on any atom is -0.481 e. The van der Waals surface area contributed by atoms with E-state index in [2.05, 4.69) is 4.98 Å². The van der Waals surface area contributed by atoms with E-state index < -0.39 is 24.3 Å². The summed E-state index contributed by atoms with van der Waals surface area (Å²) in [5.74, 6) is -1.09. The van der Waals surface area contributed by atoms with Crippen molar-refractivity contribution < 1.29 is 25.2 Å². The lowest BCUT2D eigenvalue weighted by Gasteiger charge is -2.19. The Morgan fingerprint density at radius 3 is 2.85 bits per heavy atom. The molecule has 2 rings (SSSR count). The first-order chi connectivity index (χ1) is 13.0. The summed E-state index contributed by atoms with van der Waals surface area (Å²) in [6.07, 6.45) is 11.0. The van der Waals surface area contributed by atoms with Gasteiger partial charge in [0.15, 0.2) is 0 Å². The molecule has 0 bridgehead atoms. The topological polar surface area (TPSA) is 111 Å². The molecule has 6 nitrogen and oxygen atoms in total. The van der Waals surface area contributed by atoms with Crippen molar-refractivity contribution in [2.24, 2.45) is 11.8 Å². The number of allylic oxidation sites excluding steroid dienone is 2. The molecular weight excluding hydrogens is 366 g/mol. The average Bonchev–Trinajstić information content (AvgIpc) is 3.22. The standard InChI is InChI=1S/C20H29NO5S/c22-14(8-10-19-21-11-12-27-19)7-9-16-15(17(23)13-18(16)24)5-3-1-2-4-6-20(25)26/h1,3,7,9,11-12,14-18,22-24H,2,4-6,8,10,13H2,(H,25,26)/t14?,15-,16-,17?,18?/m1/s1. The van der Waals surface area contributed by atoms with Gasteiger partial charge < -0.3 is 20.4 Å². The highest BCUT2D eigenvalue weighted by Gasteiger charge is 2.39. The Morgan fingerprint density at radius 2 is 2.15 bits per heavy atom. The van der Waals surface area contributed by atoms with Crippen LogP contribution in [-0.4, -0.2) is 49.7 Å². The van der Waals surface area contributed by atoms with Crippen LogP contribution in [0.15, 0.2) is 35.9 Å². The zero-order valence-electron chi connectivity index (χ0n) is 15.4. The fourth-order valence-corrected chi connectivity index (χ4v) is 4.09. The summed E-state index contributed by atoms with van der Waals surface area (Å²) in [7, 11) is 0. The lowest BCUT2D eigenvalue weighted by atomic mass is 9.89. The summed E-state index contributed by atoms with van der Waals surface area (Å²) in [4.78, 5) is 14.7. The number of aryl methyl sites for hydroxylation is 1. The maximum atomic E-state index is 10.5. The van der Waals surface area contributed by atoms with E-state index in [0.29, 0.717) is 38.5 Å². The van der Waals surface area contributed by atoms with Crippen LogP contribution in [0.1, 0.15) is 43.5 Å². The largest absolute Gasteiger partial charge is 0.481 e. The third-order valence-corrected chi connectivity index (χ3v) is 5.78. The van der Waals surface area contributed by atoms with Crippen LogP contribution < -0.4 is 0 Å². The van der Waals surface area contributed by atoms with Gasteiger partial charge >= 0.3 is 5.97 Å². The van der Waals surface area contributed by atoms with Crippen molar-refractivity contribution in [3.8, 4) is 0 Å². The number of hydrogen-bond acceptors (Lipinski definition) is 6. The number of thiazole rings is 1. The van der Waals surface area contributed by atoms with Crippen molar-refractivity contribution in [2.45, 2.75) is 63.3 Å². The van der Waals surface area contributed by atoms with Crippen molar-refractivity contribution in [1.29, 1.82) is 0 Å². The van der Waals surface area contributed by atoms with Crippen molar-refractivity contribution in [3.05, 3.63) is 40.9 Å². The number of aliphatic hydroxyl groups is 3. The number of rotatable bonds is 11. The van der Waals surface area contributed by atoms with Crippen molar-refractivity contribution in [2.75, 3.05) is 0 Å². The van der Waals surface area contributed by atoms with Gasteiger partial charge in [-0.1, -0.05) is 24.3 Å². The first-order valence-corrected chi connectivity index (χ1v) is 10.3. The SMILES string of the molecule is O=C(O)CCCC=CC[C@H]1C(O)CC(O)[C@@H]1C=CC(O)CCc1nccs1. The molecule has 0 aromatic carbocycles. The van der Waals surface area contributed by atoms with Crippen LogP contribution in [0.5, 0.6) is 0 Å². The third kappa shape index (κ3) is 7.54. The summed E-state index contributed by atoms with van der Waals surface area (Å²) >= 11 is 1.57. The lowest BCUT2D eigenvalue weighted by Crippen LogP contribution is -2.20. The number of hydrogen-bond donors (Lipinski definition) is 4. The molecule has 1 fully saturated rings. The van der Waals surface area contributed by atoms with Gasteiger partial charge in [0, 0.05) is 36.8 Å². The Bertz CT molecular complexity index is 616. The molecule has 3 unspecified atom stereocenters. The van der Waals surface area contributed by atoms with E-state index in [-0.39, 0.29) is 18.3 Å². The van der Waals surface area contributed by atoms with Crippen LogP contribution in [-0.2, 0) is 11.2 Å². The fraction of sp³-hybridized carbons (Fsp3) is 0.600. The molecule has 1 aromatic rings. The molecule has 150 valence electrons. The molecule has 1 aliphatic carbocycles. The maximum absolute atomic E-state index is 10.5. The number of aliphatic carboxylic acids is 1. The minimum absolute atomic E-state index is 0.0989. The fourth-order valence-electron chi connectivity index (χ4n) is 3.45. The quantitative estimate of drug-likeness (QED) is 0.338. The molecule has 4 N–H and O–H groups in total. The predicted molar refractivity (Wildman–Crippen MR) is 104 cm³/mol. The Labute approximate surface area is 163 Å². The van der Waals surface area contributed by atoms with E-state index in [0.717, 1.165) is 5.01 Å². The van der Waals surface area contributed by atoms with Gasteiger partial charge in [0.05, 0.1) is 23.3 Å². The van der Waals surface area contributed by atoms with Crippen molar-refractivity contribution in [3.63, 3.8) is 0 Å². The second kappa shape index (κ2) is 11.3. The van der Waals surface area contributed by atoms with Crippen molar-refractivity contribution in [1.82, 2.24) is 4.98 Å². The maximum Gasteiger partial charge on any atom is 0.303 e. The number of aliphatic hydroxyl groups excluding tert-OH is 3. The van der Waals surface area contributed by atoms with Crippen LogP contribution in [0, 0.1) is 11.8 Å². The molecule has 0 radical (unpaired) electrons. The molecule has 0 saturated heterocycles. The summed E-state index contributed by atoms with van der Waals surface area (Å²) in [6, 6.07) is 0. The zero-order chi connectivity index (χ0) is 19.6. The van der Waals surface area contributed by atoms with E-state index >= 15 is 0 Å². The molecular formula is C20H29NO5S. The van der Waals surface area contributed by atoms with Crippen LogP contribution >= 0.6 is 11.3 Å². The molecule has 1 heterocycles. The van der Waals surface area contributed by atoms with Gasteiger partial charge in [0.25, 0.3) is 0 Å². The first kappa shape index (κ1) is 21.8. The molecule has 0 aliphatic heterocycles. The van der Waals surface area contributed by atoms with E-state index in [1.165, 1.54) is 0 Å². The van der Waals surface area contributed by atoms with Gasteiger partial charge in [-0.3, -0.25) is 4.79 Å². The van der Waals surface area contributed by atoms with Crippen LogP contribution in [0.2, 0.25) is 0 Å². The van der Waals surface area contributed by atoms with Crippen LogP contribution in [0.4, 0.5) is 0 Å². The third-order valence-electron chi connectivity index (χ3n) is 4.95. The summed E-state index contributed by atoms with van der Waals surface area (Å²) < 4.78 is 0. The number of unbranched alkanes of at least 4 members (excludes halogenated alkanes) is 1. The second-order valence-corrected chi connectivity index (χ2v) is 8.00. The lowest BCUT2D eigenvalue weighted by molar-refractivity contribution is -0.137. The molecule has 7 heteroatoms. The van der Waals surface area contributed by atoms with Crippen LogP contribution in [0.3, 0.4) is 0 Å². The number of carbonyl (C=O) groups is 1. The number of aromatic nitrogens is 1. The number of carboxylic acid groups (broad SMARTS) is 1. The molecule has 27 heavy (non-hydrogen) atoms. The van der Waals surface area contributed by atoms with Crippen molar-refractivity contribution >= 4 is 17.3 Å². The van der Waals surface area contributed by atoms with Gasteiger partial charge in [-0.2, -0.15) is 0 Å². The molecule has 1 saturated carbocycles. The summed E-state index contributed by atoms with van der Waals surface area (Å²) in [5.41, 5.74) is 0. The molecule has 0 amide bonds. The highest BCUT2D eigenvalue weighted by atomic mass is 32.1. The summed E-state index contributed by atoms with van der Waals surface area (Å²) in [6.45, 7) is 0. The molecule has 0 spiro atoms. The van der Waals surface area contributed by atoms with E-state index in [9.17, 15) is 20.1 Å². The zero-order valence-corrected chi connectivity index (χ0v) is 16.2. The Hall–Kier alpha value is -1.54. The Morgan fingerprint density at radius 1 is 1.33 bits per heavy atom. The molecule has 5 atom stereocenters. The minimum atomic E-state index is -0.795. The van der Waals surface area contributed by atoms with E-state index in [4.69, 9.17) is 5.11 Å². The predicted octanol–water partition coefficient (Wildman–Crippen LogP) is 2.55. The smallest absolute Gasteiger partial charge is 0.303 e.